The van der Waals surface area contributed by atoms with E-state index in [4.69, 9.17) is 9.47 Å². The van der Waals surface area contributed by atoms with Gasteiger partial charge in [-0.1, -0.05) is 30.3 Å². The summed E-state index contributed by atoms with van der Waals surface area (Å²) < 4.78 is 10.6. The lowest BCUT2D eigenvalue weighted by atomic mass is 9.84. The number of rotatable bonds is 6. The molecule has 6 nitrogen and oxygen atoms in total. The molecule has 6 heteroatoms. The summed E-state index contributed by atoms with van der Waals surface area (Å²) in [6.45, 7) is 6.48. The van der Waals surface area contributed by atoms with E-state index in [0.717, 1.165) is 37.7 Å². The molecule has 0 atom stereocenters. The standard InChI is InChI=1S/C21H32N2O4/c1-21(2,3)27-20(25)23-18-11-9-16(10-12-18)13-14-26-19(24)22-15-17-7-5-4-6-8-17/h4-8,16,18H,9-15H2,1-3H3,(H,22,24)(H,23,25). The lowest BCUT2D eigenvalue weighted by molar-refractivity contribution is 0.0483. The molecule has 0 bridgehead atoms. The average Bonchev–Trinajstić information content (AvgIpc) is 2.61. The van der Waals surface area contributed by atoms with Gasteiger partial charge in [0.1, 0.15) is 5.60 Å². The van der Waals surface area contributed by atoms with Gasteiger partial charge in [0, 0.05) is 12.6 Å². The van der Waals surface area contributed by atoms with Gasteiger partial charge in [0.15, 0.2) is 0 Å². The molecule has 1 aliphatic carbocycles. The van der Waals surface area contributed by atoms with E-state index in [0.29, 0.717) is 19.1 Å². The molecule has 0 radical (unpaired) electrons. The minimum Gasteiger partial charge on any atom is -0.450 e. The van der Waals surface area contributed by atoms with Crippen molar-refractivity contribution >= 4 is 12.2 Å². The van der Waals surface area contributed by atoms with E-state index < -0.39 is 5.60 Å². The molecule has 1 aromatic carbocycles. The minimum absolute atomic E-state index is 0.172. The Kier molecular flexibility index (Phi) is 7.95. The fraction of sp³-hybridized carbons (Fsp3) is 0.619. The molecule has 1 saturated carbocycles. The molecule has 2 amide bonds. The van der Waals surface area contributed by atoms with Crippen molar-refractivity contribution in [1.29, 1.82) is 0 Å². The molecular formula is C21H32N2O4. The summed E-state index contributed by atoms with van der Waals surface area (Å²) in [4.78, 5) is 23.6. The Balaban J connectivity index is 1.55. The van der Waals surface area contributed by atoms with Crippen LogP contribution >= 0.6 is 0 Å². The van der Waals surface area contributed by atoms with E-state index in [1.807, 2.05) is 51.1 Å². The fourth-order valence-corrected chi connectivity index (χ4v) is 3.21. The molecule has 0 aromatic heterocycles. The van der Waals surface area contributed by atoms with E-state index in [-0.39, 0.29) is 18.2 Å². The van der Waals surface area contributed by atoms with E-state index in [1.165, 1.54) is 0 Å². The number of nitrogens with one attached hydrogen (secondary N) is 2. The van der Waals surface area contributed by atoms with Gasteiger partial charge in [-0.15, -0.1) is 0 Å². The maximum atomic E-state index is 11.8. The van der Waals surface area contributed by atoms with E-state index in [1.54, 1.807) is 0 Å². The van der Waals surface area contributed by atoms with Crippen LogP contribution in [0.3, 0.4) is 0 Å². The first kappa shape index (κ1) is 21.1. The van der Waals surface area contributed by atoms with Gasteiger partial charge in [-0.2, -0.15) is 0 Å². The maximum absolute atomic E-state index is 11.8. The Morgan fingerprint density at radius 2 is 1.70 bits per heavy atom. The Morgan fingerprint density at radius 1 is 1.04 bits per heavy atom. The topological polar surface area (TPSA) is 76.7 Å². The van der Waals surface area contributed by atoms with Gasteiger partial charge in [-0.05, 0) is 64.4 Å². The number of alkyl carbamates (subject to hydrolysis) is 2. The molecule has 2 rings (SSSR count). The number of amides is 2. The molecular weight excluding hydrogens is 344 g/mol. The average molecular weight is 376 g/mol. The van der Waals surface area contributed by atoms with Crippen LogP contribution in [-0.2, 0) is 16.0 Å². The van der Waals surface area contributed by atoms with Gasteiger partial charge in [-0.3, -0.25) is 0 Å². The number of carbonyl (C=O) groups excluding carboxylic acids is 2. The molecule has 1 aliphatic rings. The Labute approximate surface area is 162 Å². The van der Waals surface area contributed by atoms with Gasteiger partial charge >= 0.3 is 12.2 Å². The van der Waals surface area contributed by atoms with Crippen LogP contribution in [0.15, 0.2) is 30.3 Å². The third-order valence-electron chi connectivity index (χ3n) is 4.61. The number of carbonyl (C=O) groups is 2. The summed E-state index contributed by atoms with van der Waals surface area (Å²) >= 11 is 0. The summed E-state index contributed by atoms with van der Waals surface area (Å²) in [5, 5.41) is 5.71. The summed E-state index contributed by atoms with van der Waals surface area (Å²) in [5.74, 6) is 0.531. The molecule has 1 fully saturated rings. The highest BCUT2D eigenvalue weighted by Gasteiger charge is 2.24. The molecule has 2 N–H and O–H groups in total. The van der Waals surface area contributed by atoms with Crippen molar-refractivity contribution in [2.75, 3.05) is 6.61 Å². The highest BCUT2D eigenvalue weighted by molar-refractivity contribution is 5.68. The Morgan fingerprint density at radius 3 is 2.33 bits per heavy atom. The molecule has 0 spiro atoms. The lowest BCUT2D eigenvalue weighted by Crippen LogP contribution is -2.41. The highest BCUT2D eigenvalue weighted by atomic mass is 16.6. The first-order chi connectivity index (χ1) is 12.8. The second-order valence-corrected chi connectivity index (χ2v) is 8.13. The van der Waals surface area contributed by atoms with Crippen molar-refractivity contribution < 1.29 is 19.1 Å². The third kappa shape index (κ3) is 8.80. The zero-order valence-corrected chi connectivity index (χ0v) is 16.6. The first-order valence-electron chi connectivity index (χ1n) is 9.76. The van der Waals surface area contributed by atoms with Crippen LogP contribution in [0.1, 0.15) is 58.4 Å². The lowest BCUT2D eigenvalue weighted by Gasteiger charge is -2.30. The third-order valence-corrected chi connectivity index (χ3v) is 4.61. The summed E-state index contributed by atoms with van der Waals surface area (Å²) in [6, 6.07) is 9.92. The van der Waals surface area contributed by atoms with Crippen molar-refractivity contribution in [3.05, 3.63) is 35.9 Å². The normalized spacial score (nSPS) is 19.8. The molecule has 0 unspecified atom stereocenters. The molecule has 27 heavy (non-hydrogen) atoms. The molecule has 0 heterocycles. The van der Waals surface area contributed by atoms with Crippen LogP contribution < -0.4 is 10.6 Å². The zero-order valence-electron chi connectivity index (χ0n) is 16.6. The largest absolute Gasteiger partial charge is 0.450 e. The van der Waals surface area contributed by atoms with Crippen molar-refractivity contribution in [3.63, 3.8) is 0 Å². The van der Waals surface area contributed by atoms with Gasteiger partial charge in [0.05, 0.1) is 6.61 Å². The number of ether oxygens (including phenoxy) is 2. The maximum Gasteiger partial charge on any atom is 0.407 e. The predicted octanol–water partition coefficient (Wildman–Crippen LogP) is 4.39. The number of hydrogen-bond donors (Lipinski definition) is 2. The smallest absolute Gasteiger partial charge is 0.407 e. The number of hydrogen-bond acceptors (Lipinski definition) is 4. The summed E-state index contributed by atoms with van der Waals surface area (Å²) in [6.07, 6.45) is 4.06. The van der Waals surface area contributed by atoms with Crippen LogP contribution in [0.4, 0.5) is 9.59 Å². The number of benzene rings is 1. The van der Waals surface area contributed by atoms with Crippen LogP contribution in [0.2, 0.25) is 0 Å². The SMILES string of the molecule is CC(C)(C)OC(=O)NC1CCC(CCOC(=O)NCc2ccccc2)CC1. The Hall–Kier alpha value is -2.24. The molecule has 1 aromatic rings. The van der Waals surface area contributed by atoms with Crippen LogP contribution in [0.25, 0.3) is 0 Å². The fourth-order valence-electron chi connectivity index (χ4n) is 3.21. The highest BCUT2D eigenvalue weighted by Crippen LogP contribution is 2.27. The first-order valence-corrected chi connectivity index (χ1v) is 9.76. The summed E-state index contributed by atoms with van der Waals surface area (Å²) in [5.41, 5.74) is 0.574. The van der Waals surface area contributed by atoms with E-state index >= 15 is 0 Å². The van der Waals surface area contributed by atoms with Crippen LogP contribution in [-0.4, -0.2) is 30.4 Å². The molecule has 0 aliphatic heterocycles. The van der Waals surface area contributed by atoms with E-state index in [2.05, 4.69) is 10.6 Å². The quantitative estimate of drug-likeness (QED) is 0.772. The Bertz CT molecular complexity index is 590. The molecule has 0 saturated heterocycles. The van der Waals surface area contributed by atoms with Crippen molar-refractivity contribution in [3.8, 4) is 0 Å². The predicted molar refractivity (Wildman–Crippen MR) is 104 cm³/mol. The van der Waals surface area contributed by atoms with Crippen molar-refractivity contribution in [2.24, 2.45) is 5.92 Å². The summed E-state index contributed by atoms with van der Waals surface area (Å²) in [7, 11) is 0. The second-order valence-electron chi connectivity index (χ2n) is 8.13. The molecule has 150 valence electrons. The van der Waals surface area contributed by atoms with Gasteiger partial charge in [0.2, 0.25) is 0 Å². The van der Waals surface area contributed by atoms with Gasteiger partial charge in [-0.25, -0.2) is 9.59 Å². The van der Waals surface area contributed by atoms with Gasteiger partial charge < -0.3 is 20.1 Å². The van der Waals surface area contributed by atoms with Crippen molar-refractivity contribution in [2.45, 2.75) is 71.1 Å². The second kappa shape index (κ2) is 10.2. The zero-order chi connectivity index (χ0) is 19.7. The van der Waals surface area contributed by atoms with E-state index in [9.17, 15) is 9.59 Å². The van der Waals surface area contributed by atoms with Gasteiger partial charge in [0.25, 0.3) is 0 Å². The van der Waals surface area contributed by atoms with Crippen LogP contribution in [0.5, 0.6) is 0 Å². The minimum atomic E-state index is -0.473. The van der Waals surface area contributed by atoms with Crippen molar-refractivity contribution in [1.82, 2.24) is 10.6 Å². The van der Waals surface area contributed by atoms with Crippen LogP contribution in [0, 0.1) is 5.92 Å². The monoisotopic (exact) mass is 376 g/mol.